The quantitative estimate of drug-likeness (QED) is 0.621. The summed E-state index contributed by atoms with van der Waals surface area (Å²) >= 11 is 6.07. The molecular formula is C24H23ClN4O4. The summed E-state index contributed by atoms with van der Waals surface area (Å²) in [6, 6.07) is 15.9. The van der Waals surface area contributed by atoms with Crippen molar-refractivity contribution in [1.29, 1.82) is 0 Å². The minimum absolute atomic E-state index is 0.0455. The van der Waals surface area contributed by atoms with Crippen LogP contribution in [0.3, 0.4) is 0 Å². The Morgan fingerprint density at radius 3 is 2.70 bits per heavy atom. The molecule has 0 spiro atoms. The van der Waals surface area contributed by atoms with Gasteiger partial charge >= 0.3 is 0 Å². The van der Waals surface area contributed by atoms with Gasteiger partial charge in [0.15, 0.2) is 11.5 Å². The number of rotatable bonds is 5. The van der Waals surface area contributed by atoms with Crippen LogP contribution >= 0.6 is 11.6 Å². The molecule has 33 heavy (non-hydrogen) atoms. The van der Waals surface area contributed by atoms with E-state index in [4.69, 9.17) is 21.1 Å². The van der Waals surface area contributed by atoms with Crippen LogP contribution in [0.25, 0.3) is 5.69 Å². The normalized spacial score (nSPS) is 15.5. The molecule has 1 fully saturated rings. The average Bonchev–Trinajstić information content (AvgIpc) is 3.31. The van der Waals surface area contributed by atoms with Gasteiger partial charge in [0, 0.05) is 36.6 Å². The largest absolute Gasteiger partial charge is 0.454 e. The van der Waals surface area contributed by atoms with E-state index in [-0.39, 0.29) is 24.2 Å². The van der Waals surface area contributed by atoms with E-state index in [0.29, 0.717) is 54.8 Å². The fourth-order valence-corrected chi connectivity index (χ4v) is 4.30. The number of hydrogen-bond donors (Lipinski definition) is 1. The third-order valence-electron chi connectivity index (χ3n) is 5.93. The number of amides is 1. The SMILES string of the molecule is O=C(NCc1ccc2c(c1)OCO2)C1CCN(c2ccc(=O)n(-c3cccc(Cl)c3)n2)CC1. The highest BCUT2D eigenvalue weighted by Gasteiger charge is 2.26. The number of ether oxygens (including phenoxy) is 2. The van der Waals surface area contributed by atoms with Crippen LogP contribution in [-0.2, 0) is 11.3 Å². The first-order valence-corrected chi connectivity index (χ1v) is 11.2. The summed E-state index contributed by atoms with van der Waals surface area (Å²) in [6.45, 7) is 2.04. The lowest BCUT2D eigenvalue weighted by Crippen LogP contribution is -2.41. The van der Waals surface area contributed by atoms with Crippen molar-refractivity contribution in [2.45, 2.75) is 19.4 Å². The smallest absolute Gasteiger partial charge is 0.271 e. The van der Waals surface area contributed by atoms with E-state index in [1.807, 2.05) is 18.2 Å². The van der Waals surface area contributed by atoms with Crippen LogP contribution in [0.4, 0.5) is 5.82 Å². The first-order valence-electron chi connectivity index (χ1n) is 10.8. The van der Waals surface area contributed by atoms with Gasteiger partial charge in [-0.15, -0.1) is 5.10 Å². The molecule has 0 bridgehead atoms. The number of aromatic nitrogens is 2. The van der Waals surface area contributed by atoms with Crippen molar-refractivity contribution >= 4 is 23.3 Å². The van der Waals surface area contributed by atoms with E-state index in [2.05, 4.69) is 15.3 Å². The molecule has 1 N–H and O–H groups in total. The Labute approximate surface area is 195 Å². The van der Waals surface area contributed by atoms with E-state index in [1.165, 1.54) is 10.7 Å². The van der Waals surface area contributed by atoms with Crippen LogP contribution in [-0.4, -0.2) is 35.6 Å². The number of piperidine rings is 1. The minimum atomic E-state index is -0.223. The highest BCUT2D eigenvalue weighted by atomic mass is 35.5. The van der Waals surface area contributed by atoms with Crippen LogP contribution in [0, 0.1) is 5.92 Å². The maximum Gasteiger partial charge on any atom is 0.271 e. The van der Waals surface area contributed by atoms with Gasteiger partial charge in [-0.3, -0.25) is 9.59 Å². The molecule has 0 aliphatic carbocycles. The second-order valence-electron chi connectivity index (χ2n) is 8.09. The lowest BCUT2D eigenvalue weighted by molar-refractivity contribution is -0.125. The number of anilines is 1. The van der Waals surface area contributed by atoms with Crippen LogP contribution in [0.1, 0.15) is 18.4 Å². The first-order chi connectivity index (χ1) is 16.1. The van der Waals surface area contributed by atoms with Gasteiger partial charge in [0.25, 0.3) is 5.56 Å². The maximum absolute atomic E-state index is 12.7. The second kappa shape index (κ2) is 9.15. The van der Waals surface area contributed by atoms with Crippen molar-refractivity contribution in [2.75, 3.05) is 24.8 Å². The molecule has 1 amide bonds. The van der Waals surface area contributed by atoms with Gasteiger partial charge in [-0.05, 0) is 54.8 Å². The number of hydrogen-bond acceptors (Lipinski definition) is 6. The Bertz CT molecular complexity index is 1240. The van der Waals surface area contributed by atoms with E-state index < -0.39 is 0 Å². The number of fused-ring (bicyclic) bond motifs is 1. The highest BCUT2D eigenvalue weighted by molar-refractivity contribution is 6.30. The van der Waals surface area contributed by atoms with Crippen LogP contribution in [0.2, 0.25) is 5.02 Å². The molecule has 0 saturated carbocycles. The van der Waals surface area contributed by atoms with Gasteiger partial charge in [0.1, 0.15) is 5.82 Å². The molecule has 3 aromatic rings. The third-order valence-corrected chi connectivity index (χ3v) is 6.17. The van der Waals surface area contributed by atoms with Crippen LogP contribution in [0.5, 0.6) is 11.5 Å². The van der Waals surface area contributed by atoms with E-state index in [0.717, 1.165) is 11.3 Å². The van der Waals surface area contributed by atoms with E-state index in [1.54, 1.807) is 30.3 Å². The predicted molar refractivity (Wildman–Crippen MR) is 124 cm³/mol. The molecule has 1 saturated heterocycles. The lowest BCUT2D eigenvalue weighted by Gasteiger charge is -2.32. The molecular weight excluding hydrogens is 444 g/mol. The molecule has 9 heteroatoms. The molecule has 0 atom stereocenters. The zero-order valence-electron chi connectivity index (χ0n) is 17.9. The Hall–Kier alpha value is -3.52. The number of nitrogens with zero attached hydrogens (tertiary/aromatic N) is 3. The minimum Gasteiger partial charge on any atom is -0.454 e. The van der Waals surface area contributed by atoms with Crippen LogP contribution in [0.15, 0.2) is 59.4 Å². The Morgan fingerprint density at radius 2 is 1.88 bits per heavy atom. The van der Waals surface area contributed by atoms with Crippen LogP contribution < -0.4 is 25.2 Å². The summed E-state index contributed by atoms with van der Waals surface area (Å²) in [6.07, 6.45) is 1.43. The summed E-state index contributed by atoms with van der Waals surface area (Å²) in [5, 5.41) is 8.10. The van der Waals surface area contributed by atoms with E-state index in [9.17, 15) is 9.59 Å². The molecule has 1 aromatic heterocycles. The fourth-order valence-electron chi connectivity index (χ4n) is 4.12. The molecule has 5 rings (SSSR count). The zero-order chi connectivity index (χ0) is 22.8. The topological polar surface area (TPSA) is 85.7 Å². The maximum atomic E-state index is 12.7. The molecule has 0 radical (unpaired) electrons. The third kappa shape index (κ3) is 4.66. The number of carbonyl (C=O) groups excluding carboxylic acids is 1. The Kier molecular flexibility index (Phi) is 5.92. The summed E-state index contributed by atoms with van der Waals surface area (Å²) in [4.78, 5) is 27.1. The predicted octanol–water partition coefficient (Wildman–Crippen LogP) is 3.15. The zero-order valence-corrected chi connectivity index (χ0v) is 18.6. The van der Waals surface area contributed by atoms with E-state index >= 15 is 0 Å². The summed E-state index contributed by atoms with van der Waals surface area (Å²) < 4.78 is 12.1. The van der Waals surface area contributed by atoms with Crippen molar-refractivity contribution in [3.8, 4) is 17.2 Å². The molecule has 2 aliphatic rings. The van der Waals surface area contributed by atoms with Crippen molar-refractivity contribution in [2.24, 2.45) is 5.92 Å². The van der Waals surface area contributed by atoms with Gasteiger partial charge in [0.05, 0.1) is 5.69 Å². The second-order valence-corrected chi connectivity index (χ2v) is 8.52. The molecule has 2 aromatic carbocycles. The molecule has 170 valence electrons. The number of halogens is 1. The number of benzene rings is 2. The van der Waals surface area contributed by atoms with Crippen molar-refractivity contribution in [3.63, 3.8) is 0 Å². The van der Waals surface area contributed by atoms with Crippen molar-refractivity contribution < 1.29 is 14.3 Å². The number of carbonyl (C=O) groups is 1. The lowest BCUT2D eigenvalue weighted by atomic mass is 9.96. The van der Waals surface area contributed by atoms with Gasteiger partial charge < -0.3 is 19.7 Å². The van der Waals surface area contributed by atoms with Gasteiger partial charge in [-0.2, -0.15) is 4.68 Å². The number of nitrogens with one attached hydrogen (secondary N) is 1. The summed E-state index contributed by atoms with van der Waals surface area (Å²) in [5.74, 6) is 2.13. The summed E-state index contributed by atoms with van der Waals surface area (Å²) in [7, 11) is 0. The highest BCUT2D eigenvalue weighted by Crippen LogP contribution is 2.32. The molecule has 2 aliphatic heterocycles. The standard InChI is InChI=1S/C24H23ClN4O4/c25-18-2-1-3-19(13-18)29-23(30)7-6-22(27-29)28-10-8-17(9-11-28)24(31)26-14-16-4-5-20-21(12-16)33-15-32-20/h1-7,12-13,17H,8-11,14-15H2,(H,26,31). The first kappa shape index (κ1) is 21.3. The summed E-state index contributed by atoms with van der Waals surface area (Å²) in [5.41, 5.74) is 1.36. The molecule has 3 heterocycles. The van der Waals surface area contributed by atoms with Crippen molar-refractivity contribution in [3.05, 3.63) is 75.5 Å². The monoisotopic (exact) mass is 466 g/mol. The Balaban J connectivity index is 1.19. The molecule has 0 unspecified atom stereocenters. The Morgan fingerprint density at radius 1 is 1.06 bits per heavy atom. The van der Waals surface area contributed by atoms with Gasteiger partial charge in [-0.25, -0.2) is 0 Å². The van der Waals surface area contributed by atoms with Gasteiger partial charge in [-0.1, -0.05) is 23.7 Å². The fraction of sp³-hybridized carbons (Fsp3) is 0.292. The van der Waals surface area contributed by atoms with Crippen molar-refractivity contribution in [1.82, 2.24) is 15.1 Å². The average molecular weight is 467 g/mol. The van der Waals surface area contributed by atoms with Gasteiger partial charge in [0.2, 0.25) is 12.7 Å². The molecule has 8 nitrogen and oxygen atoms in total.